The topological polar surface area (TPSA) is 31.4 Å². The fourth-order valence-corrected chi connectivity index (χ4v) is 2.39. The maximum atomic E-state index is 4.46. The Hall–Kier alpha value is -0.650. The van der Waals surface area contributed by atoms with E-state index in [-0.39, 0.29) is 0 Å². The van der Waals surface area contributed by atoms with Crippen LogP contribution in [0.5, 0.6) is 0 Å². The molecule has 1 heterocycles. The van der Waals surface area contributed by atoms with Crippen molar-refractivity contribution in [3.05, 3.63) is 11.1 Å². The summed E-state index contributed by atoms with van der Waals surface area (Å²) in [5.41, 5.74) is 0. The lowest BCUT2D eigenvalue weighted by Crippen LogP contribution is -2.23. The first kappa shape index (κ1) is 14.4. The van der Waals surface area contributed by atoms with Crippen LogP contribution in [0.15, 0.2) is 6.20 Å². The van der Waals surface area contributed by atoms with Crippen LogP contribution in [0.4, 0.5) is 5.13 Å². The van der Waals surface area contributed by atoms with E-state index < -0.39 is 0 Å². The molecule has 0 unspecified atom stereocenters. The standard InChI is InChI=1S/C12H24N4S/c1-5-13-9-11-10-14-12(17-11)16(4)8-6-7-15(2)3/h10,13H,5-9H2,1-4H3. The zero-order chi connectivity index (χ0) is 12.7. The van der Waals surface area contributed by atoms with Crippen LogP contribution in [0.25, 0.3) is 0 Å². The van der Waals surface area contributed by atoms with Crippen molar-refractivity contribution in [3.63, 3.8) is 0 Å². The van der Waals surface area contributed by atoms with Crippen molar-refractivity contribution in [3.8, 4) is 0 Å². The maximum Gasteiger partial charge on any atom is 0.185 e. The molecular formula is C12H24N4S. The molecule has 1 aromatic rings. The van der Waals surface area contributed by atoms with Crippen LogP contribution in [-0.4, -0.2) is 50.7 Å². The van der Waals surface area contributed by atoms with E-state index in [1.165, 1.54) is 11.3 Å². The third-order valence-electron chi connectivity index (χ3n) is 2.52. The number of rotatable bonds is 8. The minimum absolute atomic E-state index is 0.930. The van der Waals surface area contributed by atoms with Crippen molar-refractivity contribution >= 4 is 16.5 Å². The number of thiazole rings is 1. The van der Waals surface area contributed by atoms with E-state index in [9.17, 15) is 0 Å². The minimum Gasteiger partial charge on any atom is -0.351 e. The highest BCUT2D eigenvalue weighted by Gasteiger charge is 2.06. The summed E-state index contributed by atoms with van der Waals surface area (Å²) >= 11 is 1.78. The van der Waals surface area contributed by atoms with Crippen LogP contribution in [-0.2, 0) is 6.54 Å². The van der Waals surface area contributed by atoms with Gasteiger partial charge in [0.15, 0.2) is 5.13 Å². The summed E-state index contributed by atoms with van der Waals surface area (Å²) in [6.07, 6.45) is 3.15. The lowest BCUT2D eigenvalue weighted by Gasteiger charge is -2.17. The van der Waals surface area contributed by atoms with Crippen molar-refractivity contribution in [1.29, 1.82) is 0 Å². The number of nitrogens with one attached hydrogen (secondary N) is 1. The molecule has 0 saturated heterocycles. The molecule has 98 valence electrons. The summed E-state index contributed by atoms with van der Waals surface area (Å²) in [5.74, 6) is 0. The molecule has 0 aliphatic heterocycles. The van der Waals surface area contributed by atoms with Gasteiger partial charge in [0.05, 0.1) is 0 Å². The van der Waals surface area contributed by atoms with Gasteiger partial charge in [0.1, 0.15) is 0 Å². The lowest BCUT2D eigenvalue weighted by atomic mass is 10.4. The summed E-state index contributed by atoms with van der Waals surface area (Å²) in [6.45, 7) is 6.24. The van der Waals surface area contributed by atoms with Gasteiger partial charge in [0.2, 0.25) is 0 Å². The molecule has 0 aliphatic rings. The zero-order valence-corrected chi connectivity index (χ0v) is 12.2. The van der Waals surface area contributed by atoms with E-state index in [1.807, 2.05) is 6.20 Å². The fourth-order valence-electron chi connectivity index (χ4n) is 1.52. The van der Waals surface area contributed by atoms with E-state index in [0.717, 1.165) is 31.3 Å². The largest absolute Gasteiger partial charge is 0.351 e. The van der Waals surface area contributed by atoms with Gasteiger partial charge in [0.25, 0.3) is 0 Å². The monoisotopic (exact) mass is 256 g/mol. The summed E-state index contributed by atoms with van der Waals surface area (Å²) in [6, 6.07) is 0. The summed E-state index contributed by atoms with van der Waals surface area (Å²) in [5, 5.41) is 4.44. The molecule has 1 N–H and O–H groups in total. The molecule has 5 heteroatoms. The average molecular weight is 256 g/mol. The van der Waals surface area contributed by atoms with Crippen LogP contribution >= 0.6 is 11.3 Å². The Labute approximate surface area is 109 Å². The quantitative estimate of drug-likeness (QED) is 0.766. The first-order valence-corrected chi connectivity index (χ1v) is 6.96. The molecule has 0 atom stereocenters. The minimum atomic E-state index is 0.930. The van der Waals surface area contributed by atoms with E-state index >= 15 is 0 Å². The third-order valence-corrected chi connectivity index (χ3v) is 3.63. The van der Waals surface area contributed by atoms with Gasteiger partial charge in [-0.25, -0.2) is 4.98 Å². The average Bonchev–Trinajstić information content (AvgIpc) is 2.74. The highest BCUT2D eigenvalue weighted by molar-refractivity contribution is 7.15. The second-order valence-corrected chi connectivity index (χ2v) is 5.56. The van der Waals surface area contributed by atoms with Gasteiger partial charge < -0.3 is 15.1 Å². The number of aromatic nitrogens is 1. The molecule has 0 aliphatic carbocycles. The molecule has 1 rings (SSSR count). The molecule has 0 fully saturated rings. The highest BCUT2D eigenvalue weighted by atomic mass is 32.1. The van der Waals surface area contributed by atoms with Crippen molar-refractivity contribution < 1.29 is 0 Å². The molecular weight excluding hydrogens is 232 g/mol. The number of anilines is 1. The van der Waals surface area contributed by atoms with Crippen molar-refractivity contribution in [1.82, 2.24) is 15.2 Å². The SMILES string of the molecule is CCNCc1cnc(N(C)CCCN(C)C)s1. The number of hydrogen-bond acceptors (Lipinski definition) is 5. The molecule has 0 aromatic carbocycles. The van der Waals surface area contributed by atoms with Crippen LogP contribution in [0.2, 0.25) is 0 Å². The van der Waals surface area contributed by atoms with Gasteiger partial charge in [-0.2, -0.15) is 0 Å². The Morgan fingerprint density at radius 1 is 1.29 bits per heavy atom. The van der Waals surface area contributed by atoms with Crippen LogP contribution in [0.3, 0.4) is 0 Å². The molecule has 1 aromatic heterocycles. The lowest BCUT2D eigenvalue weighted by molar-refractivity contribution is 0.401. The summed E-state index contributed by atoms with van der Waals surface area (Å²) in [4.78, 5) is 10.2. The molecule has 0 saturated carbocycles. The third kappa shape index (κ3) is 5.48. The van der Waals surface area contributed by atoms with Gasteiger partial charge in [-0.3, -0.25) is 0 Å². The predicted molar refractivity (Wildman–Crippen MR) is 75.9 cm³/mol. The zero-order valence-electron chi connectivity index (χ0n) is 11.4. The smallest absolute Gasteiger partial charge is 0.185 e. The normalized spacial score (nSPS) is 11.1. The second-order valence-electron chi connectivity index (χ2n) is 4.47. The van der Waals surface area contributed by atoms with Gasteiger partial charge in [-0.1, -0.05) is 6.92 Å². The summed E-state index contributed by atoms with van der Waals surface area (Å²) < 4.78 is 0. The van der Waals surface area contributed by atoms with Gasteiger partial charge in [0, 0.05) is 31.2 Å². The second kappa shape index (κ2) is 7.63. The van der Waals surface area contributed by atoms with E-state index in [1.54, 1.807) is 11.3 Å². The number of nitrogens with zero attached hydrogens (tertiary/aromatic N) is 3. The van der Waals surface area contributed by atoms with Gasteiger partial charge in [-0.15, -0.1) is 11.3 Å². The van der Waals surface area contributed by atoms with Crippen LogP contribution < -0.4 is 10.2 Å². The Kier molecular flexibility index (Phi) is 6.47. The van der Waals surface area contributed by atoms with E-state index in [4.69, 9.17) is 0 Å². The first-order chi connectivity index (χ1) is 8.13. The Morgan fingerprint density at radius 2 is 2.06 bits per heavy atom. The van der Waals surface area contributed by atoms with Gasteiger partial charge in [-0.05, 0) is 33.6 Å². The molecule has 0 bridgehead atoms. The highest BCUT2D eigenvalue weighted by Crippen LogP contribution is 2.21. The Balaban J connectivity index is 2.35. The molecule has 0 amide bonds. The van der Waals surface area contributed by atoms with Crippen LogP contribution in [0.1, 0.15) is 18.2 Å². The van der Waals surface area contributed by atoms with Crippen molar-refractivity contribution in [2.45, 2.75) is 19.9 Å². The fraction of sp³-hybridized carbons (Fsp3) is 0.750. The number of hydrogen-bond donors (Lipinski definition) is 1. The molecule has 0 radical (unpaired) electrons. The maximum absolute atomic E-state index is 4.46. The Bertz CT molecular complexity index is 311. The Morgan fingerprint density at radius 3 is 2.71 bits per heavy atom. The van der Waals surface area contributed by atoms with E-state index in [0.29, 0.717) is 0 Å². The van der Waals surface area contributed by atoms with Crippen molar-refractivity contribution in [2.75, 3.05) is 45.7 Å². The molecule has 17 heavy (non-hydrogen) atoms. The van der Waals surface area contributed by atoms with Gasteiger partial charge >= 0.3 is 0 Å². The van der Waals surface area contributed by atoms with E-state index in [2.05, 4.69) is 48.2 Å². The van der Waals surface area contributed by atoms with Crippen LogP contribution in [0, 0.1) is 0 Å². The molecule has 0 spiro atoms. The summed E-state index contributed by atoms with van der Waals surface area (Å²) in [7, 11) is 6.33. The van der Waals surface area contributed by atoms with Crippen molar-refractivity contribution in [2.24, 2.45) is 0 Å². The molecule has 4 nitrogen and oxygen atoms in total. The first-order valence-electron chi connectivity index (χ1n) is 6.14. The predicted octanol–water partition coefficient (Wildman–Crippen LogP) is 1.64.